The maximum Gasteiger partial charge on any atom is 0.178 e. The molecule has 6 aromatic carbocycles. The van der Waals surface area contributed by atoms with E-state index in [4.69, 9.17) is 69.6 Å². The SMILES string of the molecule is CC(=O)c1cnc2ccc(-c3cccnc3-c3ccc(F)c(Cl)c3)cn12.CC(=O)c1cnc2ccc(-c3cccnc3-c3cccc(Cl)c3)cn12.Cc1cnc2ccc(-c3cccnc3-c3ccc(F)c(Cl)c3)cn12.Cc1cnc2ccc(-c3cccnc3-c3cccc(Cl)c3)cn12.Fc1cc(F)c(-c2ncccc2-c2ccn3nccc3c2)cc1Cl.Fc1ccc(Cl)cc1-c1ncccc1-c1ccn2nccc2c1. The van der Waals surface area contributed by atoms with E-state index in [-0.39, 0.29) is 38.0 Å². The first-order valence-corrected chi connectivity index (χ1v) is 47.1. The third kappa shape index (κ3) is 21.2. The third-order valence-corrected chi connectivity index (χ3v) is 25.2. The molecule has 0 spiro atoms. The Balaban J connectivity index is 0.000000110. The number of hydrogen-bond acceptors (Lipinski definition) is 14. The number of aryl methyl sites for hydroxylation is 2. The van der Waals surface area contributed by atoms with E-state index < -0.39 is 23.3 Å². The minimum atomic E-state index is -0.795. The number of halogens is 11. The van der Waals surface area contributed by atoms with Gasteiger partial charge in [0, 0.05) is 235 Å². The van der Waals surface area contributed by atoms with Gasteiger partial charge in [-0.2, -0.15) is 10.2 Å². The number of fused-ring (bicyclic) bond motifs is 6. The topological polar surface area (TPSA) is 215 Å². The van der Waals surface area contributed by atoms with Gasteiger partial charge in [-0.25, -0.2) is 50.9 Å². The fourth-order valence-electron chi connectivity index (χ4n) is 16.6. The van der Waals surface area contributed by atoms with Crippen molar-refractivity contribution in [3.05, 3.63) is 467 Å². The first-order chi connectivity index (χ1) is 70.4. The molecule has 0 aliphatic rings. The smallest absolute Gasteiger partial charge is 0.178 e. The zero-order valence-electron chi connectivity index (χ0n) is 76.9. The number of carbonyl (C=O) groups excluding carboxylic acids is 2. The van der Waals surface area contributed by atoms with E-state index in [1.807, 2.05) is 254 Å². The number of imidazole rings is 4. The largest absolute Gasteiger partial charge is 0.304 e. The van der Waals surface area contributed by atoms with E-state index in [0.29, 0.717) is 60.3 Å². The highest BCUT2D eigenvalue weighted by atomic mass is 35.5. The third-order valence-electron chi connectivity index (χ3n) is 23.7. The zero-order chi connectivity index (χ0) is 101. The first kappa shape index (κ1) is 96.9. The van der Waals surface area contributed by atoms with Crippen LogP contribution in [0.25, 0.3) is 168 Å². The summed E-state index contributed by atoms with van der Waals surface area (Å²) in [6, 6.07) is 81.2. The molecule has 20 nitrogen and oxygen atoms in total. The summed E-state index contributed by atoms with van der Waals surface area (Å²) >= 11 is 36.0. The molecule has 0 radical (unpaired) electrons. The average molecular weight is 2040 g/mol. The maximum atomic E-state index is 14.3. The molecule has 0 bridgehead atoms. The molecule has 0 saturated carbocycles. The fourth-order valence-corrected chi connectivity index (χ4v) is 17.7. The average Bonchev–Trinajstić information content (AvgIpc) is 1.11. The van der Waals surface area contributed by atoms with Gasteiger partial charge in [0.25, 0.3) is 0 Å². The van der Waals surface area contributed by atoms with Crippen LogP contribution in [0.15, 0.2) is 385 Å². The number of benzene rings is 6. The molecule has 18 aromatic heterocycles. The van der Waals surface area contributed by atoms with Gasteiger partial charge in [0.2, 0.25) is 0 Å². The normalized spacial score (nSPS) is 11.1. The first-order valence-electron chi connectivity index (χ1n) is 44.8. The van der Waals surface area contributed by atoms with Crippen molar-refractivity contribution in [1.29, 1.82) is 0 Å². The van der Waals surface area contributed by atoms with Crippen LogP contribution in [0.2, 0.25) is 30.1 Å². The van der Waals surface area contributed by atoms with Gasteiger partial charge >= 0.3 is 0 Å². The van der Waals surface area contributed by atoms with Crippen molar-refractivity contribution in [2.75, 3.05) is 0 Å². The van der Waals surface area contributed by atoms with Crippen molar-refractivity contribution in [2.45, 2.75) is 27.7 Å². The standard InChI is InChI=1S/C20H13ClFN3O.C20H14ClN3O.C19H13ClFN3.C19H14ClN3.C18H10ClF2N3.C18H11ClFN3/c1-12(26)18-10-24-19-7-5-14(11-25(18)19)15-3-2-8-23-20(15)13-4-6-17(22)16(21)9-13;1-13(25)18-11-23-19-8-7-15(12-24(18)19)17-6-3-9-22-20(17)14-4-2-5-16(21)10-14;1-12-10-23-18-7-5-14(11-24(12)18)15-3-2-8-22-19(15)13-4-6-17(21)16(20)9-13;1-13-11-22-18-8-7-15(12-23(13)18)17-6-3-9-21-19(17)14-4-2-5-16(20)10-14;19-15-9-14(16(20)10-17(15)21)18-13(2-1-5-22-18)11-4-7-24-12(8-11)3-6-23-24;19-13-3-4-17(20)16(11-13)18-15(2-1-7-21-18)12-6-9-23-14(10-12)5-8-22-23/h2-11H,1H3;2-12H,1H3;2-11H,1H3;2-12H,1H3;1-10H;1-11H. The van der Waals surface area contributed by atoms with E-state index in [1.54, 1.807) is 112 Å². The zero-order valence-corrected chi connectivity index (χ0v) is 81.4. The molecule has 0 N–H and O–H groups in total. The highest BCUT2D eigenvalue weighted by Crippen LogP contribution is 2.41. The molecule has 24 aromatic rings. The molecular formula is C114H75Cl6F5N18O2. The van der Waals surface area contributed by atoms with Gasteiger partial charge in [-0.1, -0.05) is 130 Å². The Bertz CT molecular complexity index is 9060. The summed E-state index contributed by atoms with van der Waals surface area (Å²) in [4.78, 5) is 67.5. The van der Waals surface area contributed by atoms with Gasteiger partial charge in [-0.05, 0) is 231 Å². The van der Waals surface area contributed by atoms with Crippen LogP contribution >= 0.6 is 69.6 Å². The number of aromatic nitrogens is 18. The second kappa shape index (κ2) is 42.9. The minimum Gasteiger partial charge on any atom is -0.304 e. The highest BCUT2D eigenvalue weighted by Gasteiger charge is 2.23. The van der Waals surface area contributed by atoms with E-state index in [9.17, 15) is 31.5 Å². The van der Waals surface area contributed by atoms with Crippen molar-refractivity contribution in [3.63, 3.8) is 0 Å². The van der Waals surface area contributed by atoms with Crippen LogP contribution in [0.4, 0.5) is 22.0 Å². The van der Waals surface area contributed by atoms with Crippen LogP contribution in [-0.2, 0) is 0 Å². The maximum absolute atomic E-state index is 14.3. The molecule has 0 amide bonds. The van der Waals surface area contributed by atoms with Gasteiger partial charge in [0.1, 0.15) is 63.1 Å². The second-order valence-corrected chi connectivity index (χ2v) is 35.6. The molecule has 24 rings (SSSR count). The summed E-state index contributed by atoms with van der Waals surface area (Å²) in [6.07, 6.45) is 32.1. The number of carbonyl (C=O) groups is 2. The number of rotatable bonds is 14. The summed E-state index contributed by atoms with van der Waals surface area (Å²) < 4.78 is 80.1. The Morgan fingerprint density at radius 3 is 0.952 bits per heavy atom. The Hall–Kier alpha value is -16.9. The van der Waals surface area contributed by atoms with E-state index in [2.05, 4.69) is 82.8 Å². The summed E-state index contributed by atoms with van der Waals surface area (Å²) in [5, 5.41) is 10.2. The molecule has 145 heavy (non-hydrogen) atoms. The molecule has 31 heteroatoms. The summed E-state index contributed by atoms with van der Waals surface area (Å²) in [7, 11) is 0. The minimum absolute atomic E-state index is 0.0223. The number of ketones is 2. The van der Waals surface area contributed by atoms with Gasteiger partial charge in [0.05, 0.1) is 72.7 Å². The Labute approximate surface area is 855 Å². The van der Waals surface area contributed by atoms with Crippen molar-refractivity contribution < 1.29 is 31.5 Å². The summed E-state index contributed by atoms with van der Waals surface area (Å²) in [6.45, 7) is 7.10. The molecule has 0 unspecified atom stereocenters. The Morgan fingerprint density at radius 2 is 0.572 bits per heavy atom. The molecule has 0 aliphatic carbocycles. The molecule has 18 heterocycles. The predicted octanol–water partition coefficient (Wildman–Crippen LogP) is 30.0. The molecule has 0 aliphatic heterocycles. The quantitative estimate of drug-likeness (QED) is 0.0562. The fraction of sp³-hybridized carbons (Fsp3) is 0.0351. The number of pyridine rings is 12. The van der Waals surface area contributed by atoms with E-state index in [1.165, 1.54) is 44.2 Å². The predicted molar refractivity (Wildman–Crippen MR) is 562 cm³/mol. The second-order valence-electron chi connectivity index (χ2n) is 33.1. The Kier molecular flexibility index (Phi) is 28.7. The number of nitrogens with zero attached hydrogens (tertiary/aromatic N) is 18. The molecule has 0 saturated heterocycles. The summed E-state index contributed by atoms with van der Waals surface area (Å²) in [5.41, 5.74) is 27.7. The monoisotopic (exact) mass is 2030 g/mol. The lowest BCUT2D eigenvalue weighted by atomic mass is 9.99. The van der Waals surface area contributed by atoms with Crippen LogP contribution < -0.4 is 0 Å². The van der Waals surface area contributed by atoms with Crippen LogP contribution in [0.5, 0.6) is 0 Å². The van der Waals surface area contributed by atoms with Crippen molar-refractivity contribution in [3.8, 4) is 134 Å². The van der Waals surface area contributed by atoms with Crippen LogP contribution in [0.1, 0.15) is 46.2 Å². The van der Waals surface area contributed by atoms with E-state index >= 15 is 0 Å². The lowest BCUT2D eigenvalue weighted by molar-refractivity contribution is 0.0999. The van der Waals surface area contributed by atoms with Gasteiger partial charge in [-0.3, -0.25) is 48.3 Å². The summed E-state index contributed by atoms with van der Waals surface area (Å²) in [5.74, 6) is -2.84. The van der Waals surface area contributed by atoms with Crippen LogP contribution in [0, 0.1) is 42.9 Å². The van der Waals surface area contributed by atoms with E-state index in [0.717, 1.165) is 146 Å². The Morgan fingerprint density at radius 1 is 0.248 bits per heavy atom. The van der Waals surface area contributed by atoms with Crippen molar-refractivity contribution >= 4 is 115 Å². The van der Waals surface area contributed by atoms with Crippen LogP contribution in [0.3, 0.4) is 0 Å². The number of hydrogen-bond donors (Lipinski definition) is 0. The molecular weight excluding hydrogens is 1960 g/mol. The lowest BCUT2D eigenvalue weighted by Crippen LogP contribution is -1.99. The molecule has 0 fully saturated rings. The highest BCUT2D eigenvalue weighted by molar-refractivity contribution is 6.33. The molecule has 710 valence electrons. The van der Waals surface area contributed by atoms with Gasteiger partial charge in [-0.15, -0.1) is 0 Å². The van der Waals surface area contributed by atoms with Crippen LogP contribution in [-0.4, -0.2) is 98.2 Å². The van der Waals surface area contributed by atoms with Gasteiger partial charge in [0.15, 0.2) is 11.6 Å². The lowest BCUT2D eigenvalue weighted by Gasteiger charge is -2.11. The van der Waals surface area contributed by atoms with Crippen molar-refractivity contribution in [1.82, 2.24) is 86.7 Å². The van der Waals surface area contributed by atoms with Gasteiger partial charge < -0.3 is 8.80 Å². The van der Waals surface area contributed by atoms with Crippen molar-refractivity contribution in [2.24, 2.45) is 0 Å². The number of Topliss-reactive ketones (excluding diaryl/α,β-unsaturated/α-hetero) is 2. The molecule has 0 atom stereocenters.